The molecular formula is C60H45NO. The fourth-order valence-corrected chi connectivity index (χ4v) is 10.9. The van der Waals surface area contributed by atoms with Gasteiger partial charge in [-0.1, -0.05) is 179 Å². The molecule has 0 N–H and O–H groups in total. The maximum Gasteiger partial charge on any atom is 0.136 e. The largest absolute Gasteiger partial charge is 0.456 e. The predicted molar refractivity (Wildman–Crippen MR) is 260 cm³/mol. The molecule has 0 spiro atoms. The molecule has 296 valence electrons. The van der Waals surface area contributed by atoms with Gasteiger partial charge < -0.3 is 9.32 Å². The van der Waals surface area contributed by atoms with Crippen molar-refractivity contribution in [2.24, 2.45) is 0 Å². The van der Waals surface area contributed by atoms with E-state index in [0.29, 0.717) is 0 Å². The quantitative estimate of drug-likeness (QED) is 0.167. The van der Waals surface area contributed by atoms with Crippen molar-refractivity contribution in [1.29, 1.82) is 0 Å². The third-order valence-electron chi connectivity index (χ3n) is 13.9. The first-order valence-corrected chi connectivity index (χ1v) is 21.8. The first kappa shape index (κ1) is 36.4. The molecule has 62 heavy (non-hydrogen) atoms. The lowest BCUT2D eigenvalue weighted by Crippen LogP contribution is -2.14. The van der Waals surface area contributed by atoms with Crippen LogP contribution in [0.3, 0.4) is 0 Å². The van der Waals surface area contributed by atoms with E-state index in [9.17, 15) is 0 Å². The van der Waals surface area contributed by atoms with Gasteiger partial charge in [0.2, 0.25) is 0 Å². The number of nitrogens with zero attached hydrogens (tertiary/aromatic N) is 1. The SMILES string of the molecule is CC1(C)c2ccccc2-c2c(-c3cccc(N(c4ccc(-c5cccc6oc7ccccc7c56)cc4)c4cccc(-c5cccc6c5-c5ccccc5C6(C)C)c4)c3)cccc21. The molecule has 2 aliphatic carbocycles. The molecular weight excluding hydrogens is 751 g/mol. The van der Waals surface area contributed by atoms with E-state index in [2.05, 4.69) is 227 Å². The number of hydrogen-bond acceptors (Lipinski definition) is 2. The highest BCUT2D eigenvalue weighted by molar-refractivity contribution is 6.12. The Morgan fingerprint density at radius 2 is 0.790 bits per heavy atom. The van der Waals surface area contributed by atoms with Crippen LogP contribution in [-0.2, 0) is 10.8 Å². The molecule has 0 aliphatic heterocycles. The zero-order chi connectivity index (χ0) is 41.7. The smallest absolute Gasteiger partial charge is 0.136 e. The van der Waals surface area contributed by atoms with Gasteiger partial charge >= 0.3 is 0 Å². The van der Waals surface area contributed by atoms with Crippen molar-refractivity contribution in [3.05, 3.63) is 222 Å². The normalized spacial score (nSPS) is 14.1. The third kappa shape index (κ3) is 5.36. The second kappa shape index (κ2) is 13.5. The number of benzene rings is 9. The van der Waals surface area contributed by atoms with Crippen molar-refractivity contribution in [3.8, 4) is 55.6 Å². The summed E-state index contributed by atoms with van der Waals surface area (Å²) in [4.78, 5) is 2.42. The van der Waals surface area contributed by atoms with E-state index in [1.54, 1.807) is 0 Å². The lowest BCUT2D eigenvalue weighted by molar-refractivity contribution is 0.660. The summed E-state index contributed by atoms with van der Waals surface area (Å²) in [6.07, 6.45) is 0. The topological polar surface area (TPSA) is 16.4 Å². The van der Waals surface area contributed by atoms with Crippen LogP contribution in [0, 0.1) is 0 Å². The number of hydrogen-bond donors (Lipinski definition) is 0. The Balaban J connectivity index is 1.03. The van der Waals surface area contributed by atoms with Crippen molar-refractivity contribution < 1.29 is 4.42 Å². The summed E-state index contributed by atoms with van der Waals surface area (Å²) in [6.45, 7) is 9.42. The Morgan fingerprint density at radius 3 is 1.39 bits per heavy atom. The number of para-hydroxylation sites is 1. The van der Waals surface area contributed by atoms with E-state index in [0.717, 1.165) is 50.1 Å². The summed E-state index contributed by atoms with van der Waals surface area (Å²) in [6, 6.07) is 73.6. The van der Waals surface area contributed by atoms with E-state index in [1.165, 1.54) is 66.8 Å². The molecule has 1 heterocycles. The van der Waals surface area contributed by atoms with E-state index < -0.39 is 0 Å². The average molecular weight is 796 g/mol. The zero-order valence-corrected chi connectivity index (χ0v) is 35.4. The van der Waals surface area contributed by atoms with Gasteiger partial charge in [0, 0.05) is 38.7 Å². The third-order valence-corrected chi connectivity index (χ3v) is 13.9. The first-order valence-electron chi connectivity index (χ1n) is 21.8. The minimum Gasteiger partial charge on any atom is -0.456 e. The Hall–Kier alpha value is -7.42. The van der Waals surface area contributed by atoms with Gasteiger partial charge in [-0.2, -0.15) is 0 Å². The molecule has 0 saturated carbocycles. The number of furan rings is 1. The summed E-state index contributed by atoms with van der Waals surface area (Å²) >= 11 is 0. The molecule has 2 nitrogen and oxygen atoms in total. The Morgan fingerprint density at radius 1 is 0.339 bits per heavy atom. The minimum absolute atomic E-state index is 0.0752. The maximum absolute atomic E-state index is 6.30. The molecule has 10 aromatic rings. The summed E-state index contributed by atoms with van der Waals surface area (Å²) in [7, 11) is 0. The van der Waals surface area contributed by atoms with Crippen LogP contribution < -0.4 is 4.90 Å². The van der Waals surface area contributed by atoms with Crippen molar-refractivity contribution in [2.45, 2.75) is 38.5 Å². The van der Waals surface area contributed by atoms with Crippen LogP contribution in [0.4, 0.5) is 17.1 Å². The minimum atomic E-state index is -0.0752. The van der Waals surface area contributed by atoms with Crippen molar-refractivity contribution in [3.63, 3.8) is 0 Å². The standard InChI is InChI=1S/C60H45NO/c1-59(2)50-26-8-5-20-47(50)56-45(23-13-28-52(56)59)39-16-11-18-42(36-39)61(41-34-32-38(33-35-41)44-25-15-31-55-58(44)49-22-7-10-30-54(49)62-55)43-19-12-17-40(37-43)46-24-14-29-53-57(46)48-21-6-9-27-51(48)60(53,3)4/h5-37H,1-4H3. The lowest BCUT2D eigenvalue weighted by Gasteiger charge is -2.27. The lowest BCUT2D eigenvalue weighted by atomic mass is 9.82. The number of rotatable bonds is 6. The van der Waals surface area contributed by atoms with Gasteiger partial charge in [0.05, 0.1) is 0 Å². The van der Waals surface area contributed by atoms with Crippen LogP contribution in [0.15, 0.2) is 205 Å². The highest BCUT2D eigenvalue weighted by atomic mass is 16.3. The van der Waals surface area contributed by atoms with Crippen molar-refractivity contribution in [1.82, 2.24) is 0 Å². The molecule has 0 atom stereocenters. The monoisotopic (exact) mass is 795 g/mol. The molecule has 0 radical (unpaired) electrons. The second-order valence-corrected chi connectivity index (χ2v) is 18.1. The molecule has 0 amide bonds. The summed E-state index contributed by atoms with van der Waals surface area (Å²) < 4.78 is 6.30. The Kier molecular flexibility index (Phi) is 7.96. The summed E-state index contributed by atoms with van der Waals surface area (Å²) in [5.74, 6) is 0. The van der Waals surface area contributed by atoms with Gasteiger partial charge in [0.1, 0.15) is 11.2 Å². The van der Waals surface area contributed by atoms with Crippen molar-refractivity contribution in [2.75, 3.05) is 4.90 Å². The molecule has 2 aliphatic rings. The van der Waals surface area contributed by atoms with E-state index in [1.807, 2.05) is 6.07 Å². The Bertz CT molecular complexity index is 3270. The fourth-order valence-electron chi connectivity index (χ4n) is 10.9. The molecule has 0 saturated heterocycles. The van der Waals surface area contributed by atoms with E-state index in [4.69, 9.17) is 4.42 Å². The van der Waals surface area contributed by atoms with Gasteiger partial charge in [-0.3, -0.25) is 0 Å². The van der Waals surface area contributed by atoms with Gasteiger partial charge in [0.25, 0.3) is 0 Å². The second-order valence-electron chi connectivity index (χ2n) is 18.1. The van der Waals surface area contributed by atoms with E-state index in [-0.39, 0.29) is 10.8 Å². The van der Waals surface area contributed by atoms with Crippen LogP contribution in [0.5, 0.6) is 0 Å². The maximum atomic E-state index is 6.30. The van der Waals surface area contributed by atoms with Crippen LogP contribution in [0.25, 0.3) is 77.6 Å². The van der Waals surface area contributed by atoms with Gasteiger partial charge in [-0.25, -0.2) is 0 Å². The Labute approximate surface area is 363 Å². The first-order chi connectivity index (χ1) is 30.3. The van der Waals surface area contributed by atoms with Crippen LogP contribution in [-0.4, -0.2) is 0 Å². The van der Waals surface area contributed by atoms with Crippen LogP contribution in [0.2, 0.25) is 0 Å². The molecule has 0 fully saturated rings. The number of anilines is 3. The van der Waals surface area contributed by atoms with Crippen LogP contribution >= 0.6 is 0 Å². The van der Waals surface area contributed by atoms with Crippen molar-refractivity contribution >= 4 is 39.0 Å². The zero-order valence-electron chi connectivity index (χ0n) is 35.4. The highest BCUT2D eigenvalue weighted by Crippen LogP contribution is 2.54. The molecule has 0 bridgehead atoms. The van der Waals surface area contributed by atoms with Gasteiger partial charge in [-0.05, 0) is 126 Å². The molecule has 12 rings (SSSR count). The molecule has 2 heteroatoms. The number of fused-ring (bicyclic) bond motifs is 9. The molecule has 1 aromatic heterocycles. The summed E-state index contributed by atoms with van der Waals surface area (Å²) in [5.41, 5.74) is 23.0. The summed E-state index contributed by atoms with van der Waals surface area (Å²) in [5, 5.41) is 2.28. The predicted octanol–water partition coefficient (Wildman–Crippen LogP) is 16.7. The highest BCUT2D eigenvalue weighted by Gasteiger charge is 2.38. The van der Waals surface area contributed by atoms with Gasteiger partial charge in [0.15, 0.2) is 0 Å². The average Bonchev–Trinajstić information content (AvgIpc) is 3.90. The molecule has 9 aromatic carbocycles. The van der Waals surface area contributed by atoms with Gasteiger partial charge in [-0.15, -0.1) is 0 Å². The fraction of sp³-hybridized carbons (Fsp3) is 0.100. The van der Waals surface area contributed by atoms with E-state index >= 15 is 0 Å². The molecule has 0 unspecified atom stereocenters. The van der Waals surface area contributed by atoms with Crippen LogP contribution in [0.1, 0.15) is 49.9 Å².